The second-order valence-electron chi connectivity index (χ2n) is 10.4. The highest BCUT2D eigenvalue weighted by atomic mass is 15.1. The molecule has 1 fully saturated rings. The molecule has 0 spiro atoms. The molecule has 1 aromatic rings. The summed E-state index contributed by atoms with van der Waals surface area (Å²) in [5.74, 6) is 1.96. The van der Waals surface area contributed by atoms with E-state index in [1.165, 1.54) is 56.2 Å². The van der Waals surface area contributed by atoms with Crippen molar-refractivity contribution in [3.63, 3.8) is 0 Å². The normalized spacial score (nSPS) is 22.2. The fourth-order valence-electron chi connectivity index (χ4n) is 6.16. The van der Waals surface area contributed by atoms with E-state index in [9.17, 15) is 0 Å². The van der Waals surface area contributed by atoms with Gasteiger partial charge in [-0.1, -0.05) is 49.6 Å². The first-order valence-electron chi connectivity index (χ1n) is 13.3. The number of hydrogen-bond acceptors (Lipinski definition) is 3. The molecule has 3 nitrogen and oxygen atoms in total. The zero-order chi connectivity index (χ0) is 23.6. The van der Waals surface area contributed by atoms with Crippen LogP contribution in [0.15, 0.2) is 55.4 Å². The van der Waals surface area contributed by atoms with Crippen LogP contribution in [0.5, 0.6) is 0 Å². The Balaban J connectivity index is 1.79. The van der Waals surface area contributed by atoms with Gasteiger partial charge in [0.15, 0.2) is 0 Å². The fraction of sp³-hybridized carbons (Fsp3) is 0.600. The lowest BCUT2D eigenvalue weighted by Gasteiger charge is -2.34. The third-order valence-electron chi connectivity index (χ3n) is 7.83. The molecule has 2 aliphatic rings. The number of hydrogen-bond donors (Lipinski definition) is 2. The summed E-state index contributed by atoms with van der Waals surface area (Å²) in [5.41, 5.74) is 11.7. The van der Waals surface area contributed by atoms with Gasteiger partial charge in [0.1, 0.15) is 0 Å². The number of rotatable bonds is 13. The van der Waals surface area contributed by atoms with Crippen LogP contribution < -0.4 is 11.1 Å². The van der Waals surface area contributed by atoms with Crippen molar-refractivity contribution in [2.75, 3.05) is 20.1 Å². The molecule has 1 aromatic carbocycles. The van der Waals surface area contributed by atoms with Crippen molar-refractivity contribution in [1.29, 1.82) is 0 Å². The summed E-state index contributed by atoms with van der Waals surface area (Å²) in [7, 11) is 2.37. The van der Waals surface area contributed by atoms with E-state index in [1.807, 2.05) is 6.20 Å². The molecule has 33 heavy (non-hydrogen) atoms. The summed E-state index contributed by atoms with van der Waals surface area (Å²) < 4.78 is 0. The maximum Gasteiger partial charge on any atom is 0.0382 e. The van der Waals surface area contributed by atoms with Crippen LogP contribution in [-0.4, -0.2) is 25.0 Å². The Bertz CT molecular complexity index is 790. The Morgan fingerprint density at radius 2 is 2.00 bits per heavy atom. The van der Waals surface area contributed by atoms with E-state index in [-0.39, 0.29) is 0 Å². The summed E-state index contributed by atoms with van der Waals surface area (Å²) in [5, 5.41) is 3.23. The third-order valence-corrected chi connectivity index (χ3v) is 7.83. The van der Waals surface area contributed by atoms with Crippen LogP contribution in [0.3, 0.4) is 0 Å². The SMILES string of the molecule is C=CCC(CC/C(N)=C/NCC)c1ccc2c(c1)C(N(C)CC1CCCCC1)C(CC=C)C2. The van der Waals surface area contributed by atoms with Gasteiger partial charge in [0.25, 0.3) is 0 Å². The van der Waals surface area contributed by atoms with Gasteiger partial charge >= 0.3 is 0 Å². The Morgan fingerprint density at radius 3 is 2.70 bits per heavy atom. The summed E-state index contributed by atoms with van der Waals surface area (Å²) >= 11 is 0. The average molecular weight is 450 g/mol. The average Bonchev–Trinajstić information content (AvgIpc) is 3.18. The molecule has 2 aliphatic carbocycles. The molecule has 1 saturated carbocycles. The number of benzene rings is 1. The van der Waals surface area contributed by atoms with E-state index in [0.29, 0.717) is 17.9 Å². The molecule has 182 valence electrons. The second kappa shape index (κ2) is 13.0. The number of nitrogens with two attached hydrogens (primary N) is 1. The maximum atomic E-state index is 6.23. The number of nitrogens with zero attached hydrogens (tertiary/aromatic N) is 1. The van der Waals surface area contributed by atoms with Crippen molar-refractivity contribution in [2.45, 2.75) is 83.1 Å². The summed E-state index contributed by atoms with van der Waals surface area (Å²) in [6.07, 6.45) is 18.4. The quantitative estimate of drug-likeness (QED) is 0.324. The van der Waals surface area contributed by atoms with Gasteiger partial charge < -0.3 is 11.1 Å². The van der Waals surface area contributed by atoms with Gasteiger partial charge in [-0.05, 0) is 93.4 Å². The van der Waals surface area contributed by atoms with Crippen molar-refractivity contribution in [1.82, 2.24) is 10.2 Å². The minimum absolute atomic E-state index is 0.462. The predicted molar refractivity (Wildman–Crippen MR) is 143 cm³/mol. The third kappa shape index (κ3) is 6.99. The second-order valence-corrected chi connectivity index (χ2v) is 10.4. The summed E-state index contributed by atoms with van der Waals surface area (Å²) in [6, 6.07) is 7.80. The first-order valence-corrected chi connectivity index (χ1v) is 13.3. The van der Waals surface area contributed by atoms with Crippen LogP contribution in [0.4, 0.5) is 0 Å². The summed E-state index contributed by atoms with van der Waals surface area (Å²) in [6.45, 7) is 12.3. The van der Waals surface area contributed by atoms with Gasteiger partial charge in [0.05, 0.1) is 0 Å². The molecule has 3 heteroatoms. The van der Waals surface area contributed by atoms with E-state index in [4.69, 9.17) is 5.73 Å². The van der Waals surface area contributed by atoms with Crippen LogP contribution in [0.1, 0.15) is 93.4 Å². The van der Waals surface area contributed by atoms with Crippen LogP contribution in [0.25, 0.3) is 0 Å². The standard InChI is InChI=1S/C30H47N3/c1-5-11-24(17-18-28(31)21-32-7-3)25-15-16-26-19-27(12-6-2)30(29(26)20-25)33(4)22-23-13-9-8-10-14-23/h5-6,15-16,20-21,23-24,27,30,32H,1-2,7-14,17-19,22,31H2,3-4H3/b28-21-. The molecular formula is C30H47N3. The highest BCUT2D eigenvalue weighted by Crippen LogP contribution is 2.44. The fourth-order valence-corrected chi connectivity index (χ4v) is 6.16. The molecule has 3 atom stereocenters. The highest BCUT2D eigenvalue weighted by molar-refractivity contribution is 5.41. The molecule has 0 saturated heterocycles. The smallest absolute Gasteiger partial charge is 0.0382 e. The van der Waals surface area contributed by atoms with E-state index in [2.05, 4.69) is 67.7 Å². The molecule has 3 unspecified atom stereocenters. The van der Waals surface area contributed by atoms with E-state index >= 15 is 0 Å². The van der Waals surface area contributed by atoms with E-state index in [1.54, 1.807) is 5.56 Å². The van der Waals surface area contributed by atoms with Gasteiger partial charge in [-0.15, -0.1) is 13.2 Å². The molecule has 3 rings (SSSR count). The minimum Gasteiger partial charge on any atom is -0.401 e. The number of allylic oxidation sites excluding steroid dienone is 3. The molecule has 0 amide bonds. The highest BCUT2D eigenvalue weighted by Gasteiger charge is 2.35. The zero-order valence-electron chi connectivity index (χ0n) is 21.2. The van der Waals surface area contributed by atoms with Gasteiger partial charge in [0, 0.05) is 31.0 Å². The van der Waals surface area contributed by atoms with Crippen molar-refractivity contribution in [3.05, 3.63) is 72.1 Å². The maximum absolute atomic E-state index is 6.23. The van der Waals surface area contributed by atoms with Crippen LogP contribution >= 0.6 is 0 Å². The molecular weight excluding hydrogens is 402 g/mol. The first kappa shape index (κ1) is 25.6. The lowest BCUT2D eigenvalue weighted by atomic mass is 9.86. The molecule has 0 heterocycles. The van der Waals surface area contributed by atoms with Crippen molar-refractivity contribution in [3.8, 4) is 0 Å². The number of fused-ring (bicyclic) bond motifs is 1. The Morgan fingerprint density at radius 1 is 1.21 bits per heavy atom. The lowest BCUT2D eigenvalue weighted by molar-refractivity contribution is 0.148. The Hall–Kier alpha value is -2.00. The first-order chi connectivity index (χ1) is 16.1. The Kier molecular flexibility index (Phi) is 10.1. The zero-order valence-corrected chi connectivity index (χ0v) is 21.2. The molecule has 0 aromatic heterocycles. The molecule has 0 bridgehead atoms. The largest absolute Gasteiger partial charge is 0.401 e. The van der Waals surface area contributed by atoms with Gasteiger partial charge in [0.2, 0.25) is 0 Å². The predicted octanol–water partition coefficient (Wildman–Crippen LogP) is 6.84. The van der Waals surface area contributed by atoms with Crippen LogP contribution in [0, 0.1) is 11.8 Å². The van der Waals surface area contributed by atoms with Crippen molar-refractivity contribution >= 4 is 0 Å². The summed E-state index contributed by atoms with van der Waals surface area (Å²) in [4.78, 5) is 2.68. The minimum atomic E-state index is 0.462. The van der Waals surface area contributed by atoms with E-state index < -0.39 is 0 Å². The van der Waals surface area contributed by atoms with Gasteiger partial charge in [-0.2, -0.15) is 0 Å². The molecule has 0 aliphatic heterocycles. The van der Waals surface area contributed by atoms with Crippen LogP contribution in [-0.2, 0) is 6.42 Å². The van der Waals surface area contributed by atoms with Gasteiger partial charge in [-0.25, -0.2) is 0 Å². The van der Waals surface area contributed by atoms with Gasteiger partial charge in [-0.3, -0.25) is 4.90 Å². The lowest BCUT2D eigenvalue weighted by Crippen LogP contribution is -2.33. The van der Waals surface area contributed by atoms with Crippen molar-refractivity contribution in [2.24, 2.45) is 17.6 Å². The molecule has 0 radical (unpaired) electrons. The topological polar surface area (TPSA) is 41.3 Å². The number of nitrogens with one attached hydrogen (secondary N) is 1. The van der Waals surface area contributed by atoms with Crippen LogP contribution in [0.2, 0.25) is 0 Å². The van der Waals surface area contributed by atoms with Crippen molar-refractivity contribution < 1.29 is 0 Å². The Labute approximate surface area is 203 Å². The molecule has 3 N–H and O–H groups in total. The van der Waals surface area contributed by atoms with E-state index in [0.717, 1.165) is 43.8 Å². The monoisotopic (exact) mass is 449 g/mol.